The normalized spacial score (nSPS) is 11.5. The van der Waals surface area contributed by atoms with Gasteiger partial charge in [0.25, 0.3) is 5.91 Å². The Kier molecular flexibility index (Phi) is 5.71. The summed E-state index contributed by atoms with van der Waals surface area (Å²) in [5.41, 5.74) is 1.44. The van der Waals surface area contributed by atoms with Gasteiger partial charge in [0.15, 0.2) is 0 Å². The van der Waals surface area contributed by atoms with Gasteiger partial charge in [-0.2, -0.15) is 0 Å². The molecule has 20 heavy (non-hydrogen) atoms. The smallest absolute Gasteiger partial charge is 0.308 e. The van der Waals surface area contributed by atoms with Crippen molar-refractivity contribution in [1.29, 1.82) is 0 Å². The topological polar surface area (TPSA) is 95.5 Å². The number of aliphatic carboxylic acids is 1. The number of benzene rings is 1. The Morgan fingerprint density at radius 2 is 1.95 bits per heavy atom. The second kappa shape index (κ2) is 7.28. The van der Waals surface area contributed by atoms with Crippen molar-refractivity contribution in [2.75, 3.05) is 13.1 Å². The molecule has 2 amide bonds. The average Bonchev–Trinajstić information content (AvgIpc) is 2.41. The molecule has 0 fully saturated rings. The van der Waals surface area contributed by atoms with E-state index >= 15 is 0 Å². The highest BCUT2D eigenvalue weighted by Gasteiger charge is 2.13. The number of nitrogens with one attached hydrogen (secondary N) is 2. The van der Waals surface area contributed by atoms with Gasteiger partial charge in [0.2, 0.25) is 5.91 Å². The fourth-order valence-electron chi connectivity index (χ4n) is 1.47. The number of carbonyl (C=O) groups is 3. The van der Waals surface area contributed by atoms with Crippen molar-refractivity contribution in [3.8, 4) is 0 Å². The number of aryl methyl sites for hydroxylation is 1. The summed E-state index contributed by atoms with van der Waals surface area (Å²) in [5, 5.41) is 13.6. The molecule has 0 radical (unpaired) electrons. The summed E-state index contributed by atoms with van der Waals surface area (Å²) >= 11 is 0. The van der Waals surface area contributed by atoms with E-state index in [1.165, 1.54) is 6.92 Å². The monoisotopic (exact) mass is 278 g/mol. The number of amides is 2. The Bertz CT molecular complexity index is 514. The Morgan fingerprint density at radius 1 is 1.25 bits per heavy atom. The van der Waals surface area contributed by atoms with Gasteiger partial charge >= 0.3 is 5.97 Å². The number of hydrogen-bond donors (Lipinski definition) is 3. The number of carboxylic acid groups (broad SMARTS) is 1. The Morgan fingerprint density at radius 3 is 2.55 bits per heavy atom. The fraction of sp³-hybridized carbons (Fsp3) is 0.357. The van der Waals surface area contributed by atoms with Crippen LogP contribution in [0.5, 0.6) is 0 Å². The summed E-state index contributed by atoms with van der Waals surface area (Å²) < 4.78 is 0. The number of carbonyl (C=O) groups excluding carboxylic acids is 2. The van der Waals surface area contributed by atoms with Crippen LogP contribution < -0.4 is 10.6 Å². The number of rotatable bonds is 6. The SMILES string of the molecule is Cc1cccc(C(=O)NCC(=O)NCC(C)C(=O)O)c1. The maximum Gasteiger partial charge on any atom is 0.308 e. The molecule has 1 aromatic rings. The molecule has 0 aliphatic heterocycles. The van der Waals surface area contributed by atoms with Crippen LogP contribution in [0.25, 0.3) is 0 Å². The van der Waals surface area contributed by atoms with Crippen molar-refractivity contribution < 1.29 is 19.5 Å². The highest BCUT2D eigenvalue weighted by atomic mass is 16.4. The van der Waals surface area contributed by atoms with E-state index in [1.54, 1.807) is 18.2 Å². The summed E-state index contributed by atoms with van der Waals surface area (Å²) in [6.07, 6.45) is 0. The van der Waals surface area contributed by atoms with Crippen molar-refractivity contribution >= 4 is 17.8 Å². The third kappa shape index (κ3) is 5.09. The van der Waals surface area contributed by atoms with Crippen LogP contribution in [0.1, 0.15) is 22.8 Å². The van der Waals surface area contributed by atoms with Crippen LogP contribution in [0.2, 0.25) is 0 Å². The van der Waals surface area contributed by atoms with Gasteiger partial charge < -0.3 is 15.7 Å². The summed E-state index contributed by atoms with van der Waals surface area (Å²) in [6, 6.07) is 7.02. The first kappa shape index (κ1) is 15.7. The zero-order valence-corrected chi connectivity index (χ0v) is 11.5. The van der Waals surface area contributed by atoms with Gasteiger partial charge in [0.1, 0.15) is 0 Å². The molecule has 1 atom stereocenters. The molecule has 0 bridgehead atoms. The van der Waals surface area contributed by atoms with E-state index in [0.717, 1.165) is 5.56 Å². The standard InChI is InChI=1S/C14H18N2O4/c1-9-4-3-5-11(6-9)13(18)16-8-12(17)15-7-10(2)14(19)20/h3-6,10H,7-8H2,1-2H3,(H,15,17)(H,16,18)(H,19,20). The van der Waals surface area contributed by atoms with Crippen molar-refractivity contribution in [3.63, 3.8) is 0 Å². The molecule has 6 heteroatoms. The average molecular weight is 278 g/mol. The van der Waals surface area contributed by atoms with E-state index in [0.29, 0.717) is 5.56 Å². The molecule has 0 aliphatic carbocycles. The third-order valence-corrected chi connectivity index (χ3v) is 2.72. The first-order valence-electron chi connectivity index (χ1n) is 6.24. The first-order valence-corrected chi connectivity index (χ1v) is 6.24. The van der Waals surface area contributed by atoms with Gasteiger partial charge in [-0.25, -0.2) is 0 Å². The zero-order chi connectivity index (χ0) is 15.1. The molecule has 1 rings (SSSR count). The second-order valence-electron chi connectivity index (χ2n) is 4.60. The van der Waals surface area contributed by atoms with Crippen LogP contribution >= 0.6 is 0 Å². The third-order valence-electron chi connectivity index (χ3n) is 2.72. The van der Waals surface area contributed by atoms with E-state index in [4.69, 9.17) is 5.11 Å². The molecular weight excluding hydrogens is 260 g/mol. The fourth-order valence-corrected chi connectivity index (χ4v) is 1.47. The minimum atomic E-state index is -0.978. The molecule has 0 saturated carbocycles. The molecule has 6 nitrogen and oxygen atoms in total. The van der Waals surface area contributed by atoms with Gasteiger partial charge in [-0.05, 0) is 19.1 Å². The number of carboxylic acids is 1. The van der Waals surface area contributed by atoms with E-state index in [9.17, 15) is 14.4 Å². The molecule has 0 saturated heterocycles. The summed E-state index contributed by atoms with van der Waals surface area (Å²) in [6.45, 7) is 3.22. The van der Waals surface area contributed by atoms with Crippen LogP contribution in [0.4, 0.5) is 0 Å². The molecule has 0 aliphatic rings. The first-order chi connectivity index (χ1) is 9.40. The van der Waals surface area contributed by atoms with Crippen molar-refractivity contribution in [3.05, 3.63) is 35.4 Å². The second-order valence-corrected chi connectivity index (χ2v) is 4.60. The van der Waals surface area contributed by atoms with Crippen LogP contribution in [0.3, 0.4) is 0 Å². The van der Waals surface area contributed by atoms with Gasteiger partial charge in [0, 0.05) is 12.1 Å². The van der Waals surface area contributed by atoms with Crippen LogP contribution in [-0.2, 0) is 9.59 Å². The lowest BCUT2D eigenvalue weighted by Crippen LogP contribution is -2.39. The van der Waals surface area contributed by atoms with Gasteiger partial charge in [0.05, 0.1) is 12.5 Å². The molecule has 0 heterocycles. The van der Waals surface area contributed by atoms with Crippen LogP contribution in [0.15, 0.2) is 24.3 Å². The highest BCUT2D eigenvalue weighted by Crippen LogP contribution is 2.03. The van der Waals surface area contributed by atoms with Crippen molar-refractivity contribution in [1.82, 2.24) is 10.6 Å². The molecule has 0 spiro atoms. The molecular formula is C14H18N2O4. The predicted octanol–water partition coefficient (Wildman–Crippen LogP) is 0.562. The lowest BCUT2D eigenvalue weighted by atomic mass is 10.1. The molecule has 0 aromatic heterocycles. The molecule has 1 aromatic carbocycles. The Hall–Kier alpha value is -2.37. The van der Waals surface area contributed by atoms with Gasteiger partial charge in [-0.3, -0.25) is 14.4 Å². The Labute approximate surface area is 117 Å². The van der Waals surface area contributed by atoms with Gasteiger partial charge in [-0.15, -0.1) is 0 Å². The largest absolute Gasteiger partial charge is 0.481 e. The van der Waals surface area contributed by atoms with E-state index < -0.39 is 17.8 Å². The zero-order valence-electron chi connectivity index (χ0n) is 11.5. The van der Waals surface area contributed by atoms with E-state index in [2.05, 4.69) is 10.6 Å². The summed E-state index contributed by atoms with van der Waals surface area (Å²) in [5.74, 6) is -2.39. The molecule has 108 valence electrons. The minimum absolute atomic E-state index is 0.0362. The predicted molar refractivity (Wildman–Crippen MR) is 73.3 cm³/mol. The molecule has 3 N–H and O–H groups in total. The Balaban J connectivity index is 2.37. The van der Waals surface area contributed by atoms with E-state index in [-0.39, 0.29) is 19.0 Å². The lowest BCUT2D eigenvalue weighted by Gasteiger charge is -2.09. The van der Waals surface area contributed by atoms with Crippen molar-refractivity contribution in [2.45, 2.75) is 13.8 Å². The van der Waals surface area contributed by atoms with E-state index in [1.807, 2.05) is 13.0 Å². The van der Waals surface area contributed by atoms with Crippen LogP contribution in [0, 0.1) is 12.8 Å². The minimum Gasteiger partial charge on any atom is -0.481 e. The summed E-state index contributed by atoms with van der Waals surface area (Å²) in [4.78, 5) is 33.8. The summed E-state index contributed by atoms with van der Waals surface area (Å²) in [7, 11) is 0. The van der Waals surface area contributed by atoms with Crippen LogP contribution in [-0.4, -0.2) is 36.0 Å². The quantitative estimate of drug-likeness (QED) is 0.708. The molecule has 1 unspecified atom stereocenters. The lowest BCUT2D eigenvalue weighted by molar-refractivity contribution is -0.141. The van der Waals surface area contributed by atoms with Crippen molar-refractivity contribution in [2.24, 2.45) is 5.92 Å². The highest BCUT2D eigenvalue weighted by molar-refractivity contribution is 5.96. The maximum absolute atomic E-state index is 11.8. The van der Waals surface area contributed by atoms with Gasteiger partial charge in [-0.1, -0.05) is 24.6 Å². The maximum atomic E-state index is 11.8. The number of hydrogen-bond acceptors (Lipinski definition) is 3.